The second-order valence-electron chi connectivity index (χ2n) is 4.91. The van der Waals surface area contributed by atoms with E-state index in [1.165, 1.54) is 17.4 Å². The van der Waals surface area contributed by atoms with Gasteiger partial charge in [-0.05, 0) is 23.0 Å². The normalized spacial score (nSPS) is 27.1. The largest absolute Gasteiger partial charge is 0.395 e. The summed E-state index contributed by atoms with van der Waals surface area (Å²) in [5, 5.41) is 4.08. The van der Waals surface area contributed by atoms with Crippen LogP contribution in [0.25, 0.3) is 0 Å². The Morgan fingerprint density at radius 3 is 2.53 bits per heavy atom. The fraction of sp³-hybridized carbons (Fsp3) is 0.357. The third-order valence-electron chi connectivity index (χ3n) is 4.06. The van der Waals surface area contributed by atoms with E-state index in [-0.39, 0.29) is 5.92 Å². The van der Waals surface area contributed by atoms with E-state index < -0.39 is 0 Å². The highest BCUT2D eigenvalue weighted by Gasteiger charge is 2.38. The molecule has 0 bridgehead atoms. The van der Waals surface area contributed by atoms with Gasteiger partial charge in [-0.3, -0.25) is 0 Å². The minimum atomic E-state index is 0.264. The summed E-state index contributed by atoms with van der Waals surface area (Å²) in [4.78, 5) is 0. The van der Waals surface area contributed by atoms with Crippen LogP contribution in [0.4, 0.5) is 5.69 Å². The second-order valence-corrected chi connectivity index (χ2v) is 4.91. The molecule has 0 spiro atoms. The lowest BCUT2D eigenvalue weighted by Crippen LogP contribution is -2.09. The minimum Gasteiger partial charge on any atom is -0.395 e. The Morgan fingerprint density at radius 2 is 1.88 bits per heavy atom. The average molecular weight is 228 g/mol. The minimum absolute atomic E-state index is 0.264. The molecule has 1 aromatic carbocycles. The van der Waals surface area contributed by atoms with Gasteiger partial charge in [-0.15, -0.1) is 0 Å². The van der Waals surface area contributed by atoms with Crippen molar-refractivity contribution in [1.29, 1.82) is 0 Å². The Morgan fingerprint density at radius 1 is 1.18 bits per heavy atom. The standard InChI is InChI=1S/C14H16N2O/c1-8-9(2)13(14-12(15)7-17-16-14)11-6-4-3-5-10(8)11/h3-9,13H,15H2,1-2H3. The van der Waals surface area contributed by atoms with Crippen LogP contribution in [0.2, 0.25) is 0 Å². The van der Waals surface area contributed by atoms with Crippen molar-refractivity contribution in [2.24, 2.45) is 5.92 Å². The summed E-state index contributed by atoms with van der Waals surface area (Å²) in [6, 6.07) is 8.55. The molecule has 2 aromatic rings. The quantitative estimate of drug-likeness (QED) is 0.815. The van der Waals surface area contributed by atoms with E-state index in [0.717, 1.165) is 5.69 Å². The maximum absolute atomic E-state index is 5.93. The van der Waals surface area contributed by atoms with Crippen LogP contribution in [0, 0.1) is 5.92 Å². The number of benzene rings is 1. The van der Waals surface area contributed by atoms with Crippen LogP contribution < -0.4 is 5.73 Å². The lowest BCUT2D eigenvalue weighted by atomic mass is 9.87. The SMILES string of the molecule is CC1c2ccccc2C(c2nocc2N)C1C. The highest BCUT2D eigenvalue weighted by atomic mass is 16.5. The molecule has 3 unspecified atom stereocenters. The Bertz CT molecular complexity index is 547. The van der Waals surface area contributed by atoms with Crippen molar-refractivity contribution in [3.63, 3.8) is 0 Å². The number of hydrogen-bond acceptors (Lipinski definition) is 3. The molecule has 88 valence electrons. The maximum atomic E-state index is 5.93. The van der Waals surface area contributed by atoms with Crippen LogP contribution >= 0.6 is 0 Å². The Balaban J connectivity index is 2.16. The fourth-order valence-electron chi connectivity index (χ4n) is 2.95. The van der Waals surface area contributed by atoms with Gasteiger partial charge >= 0.3 is 0 Å². The van der Waals surface area contributed by atoms with Crippen molar-refractivity contribution in [3.8, 4) is 0 Å². The van der Waals surface area contributed by atoms with Crippen LogP contribution in [-0.4, -0.2) is 5.16 Å². The predicted octanol–water partition coefficient (Wildman–Crippen LogP) is 3.14. The third kappa shape index (κ3) is 1.38. The van der Waals surface area contributed by atoms with Crippen molar-refractivity contribution < 1.29 is 4.52 Å². The molecular formula is C14H16N2O. The van der Waals surface area contributed by atoms with Crippen molar-refractivity contribution in [2.75, 3.05) is 5.73 Å². The van der Waals surface area contributed by atoms with E-state index in [9.17, 15) is 0 Å². The number of nitrogens with two attached hydrogens (primary N) is 1. The number of nitrogen functional groups attached to an aromatic ring is 1. The van der Waals surface area contributed by atoms with Crippen molar-refractivity contribution in [2.45, 2.75) is 25.7 Å². The highest BCUT2D eigenvalue weighted by molar-refractivity contribution is 5.51. The van der Waals surface area contributed by atoms with E-state index in [1.54, 1.807) is 0 Å². The molecule has 1 aliphatic rings. The summed E-state index contributed by atoms with van der Waals surface area (Å²) < 4.78 is 4.98. The third-order valence-corrected chi connectivity index (χ3v) is 4.06. The highest BCUT2D eigenvalue weighted by Crippen LogP contribution is 2.49. The van der Waals surface area contributed by atoms with Gasteiger partial charge in [-0.25, -0.2) is 0 Å². The first-order valence-corrected chi connectivity index (χ1v) is 5.98. The molecule has 0 amide bonds. The summed E-state index contributed by atoms with van der Waals surface area (Å²) in [5.41, 5.74) is 10.2. The van der Waals surface area contributed by atoms with Gasteiger partial charge in [0.1, 0.15) is 12.0 Å². The number of hydrogen-bond donors (Lipinski definition) is 1. The van der Waals surface area contributed by atoms with Gasteiger partial charge in [0, 0.05) is 5.92 Å². The van der Waals surface area contributed by atoms with E-state index in [0.29, 0.717) is 17.5 Å². The molecule has 1 heterocycles. The number of rotatable bonds is 1. The molecule has 3 rings (SSSR count). The number of anilines is 1. The van der Waals surface area contributed by atoms with Crippen LogP contribution in [0.3, 0.4) is 0 Å². The van der Waals surface area contributed by atoms with Crippen LogP contribution in [0.15, 0.2) is 35.1 Å². The average Bonchev–Trinajstić information content (AvgIpc) is 2.84. The molecule has 0 radical (unpaired) electrons. The number of aromatic nitrogens is 1. The van der Waals surface area contributed by atoms with Crippen LogP contribution in [0.5, 0.6) is 0 Å². The molecule has 0 saturated heterocycles. The lowest BCUT2D eigenvalue weighted by Gasteiger charge is -2.17. The van der Waals surface area contributed by atoms with E-state index >= 15 is 0 Å². The summed E-state index contributed by atoms with van der Waals surface area (Å²) in [7, 11) is 0. The molecule has 0 saturated carbocycles. The Labute approximate surface area is 101 Å². The first-order chi connectivity index (χ1) is 8.20. The van der Waals surface area contributed by atoms with Gasteiger partial charge in [-0.2, -0.15) is 0 Å². The monoisotopic (exact) mass is 228 g/mol. The zero-order chi connectivity index (χ0) is 12.0. The van der Waals surface area contributed by atoms with Gasteiger partial charge in [0.05, 0.1) is 5.69 Å². The number of fused-ring (bicyclic) bond motifs is 1. The summed E-state index contributed by atoms with van der Waals surface area (Å²) in [6.07, 6.45) is 1.52. The van der Waals surface area contributed by atoms with Crippen molar-refractivity contribution in [3.05, 3.63) is 47.3 Å². The maximum Gasteiger partial charge on any atom is 0.147 e. The molecule has 3 heteroatoms. The van der Waals surface area contributed by atoms with E-state index in [4.69, 9.17) is 10.3 Å². The first-order valence-electron chi connectivity index (χ1n) is 5.98. The molecule has 0 aliphatic heterocycles. The van der Waals surface area contributed by atoms with Gasteiger partial charge in [0.2, 0.25) is 0 Å². The summed E-state index contributed by atoms with van der Waals surface area (Å²) >= 11 is 0. The van der Waals surface area contributed by atoms with Crippen LogP contribution in [-0.2, 0) is 0 Å². The lowest BCUT2D eigenvalue weighted by molar-refractivity contribution is 0.393. The van der Waals surface area contributed by atoms with E-state index in [2.05, 4.69) is 43.3 Å². The molecule has 3 nitrogen and oxygen atoms in total. The Hall–Kier alpha value is -1.77. The van der Waals surface area contributed by atoms with Crippen molar-refractivity contribution >= 4 is 5.69 Å². The van der Waals surface area contributed by atoms with Crippen molar-refractivity contribution in [1.82, 2.24) is 5.16 Å². The van der Waals surface area contributed by atoms with Crippen LogP contribution in [0.1, 0.15) is 42.5 Å². The van der Waals surface area contributed by atoms with Gasteiger partial charge in [0.25, 0.3) is 0 Å². The predicted molar refractivity (Wildman–Crippen MR) is 66.8 cm³/mol. The zero-order valence-electron chi connectivity index (χ0n) is 10.1. The second kappa shape index (κ2) is 3.62. The smallest absolute Gasteiger partial charge is 0.147 e. The molecule has 2 N–H and O–H groups in total. The topological polar surface area (TPSA) is 52.0 Å². The molecule has 0 fully saturated rings. The summed E-state index contributed by atoms with van der Waals surface area (Å²) in [5.74, 6) is 1.30. The molecule has 17 heavy (non-hydrogen) atoms. The van der Waals surface area contributed by atoms with Gasteiger partial charge < -0.3 is 10.3 Å². The summed E-state index contributed by atoms with van der Waals surface area (Å²) in [6.45, 7) is 4.52. The molecule has 1 aromatic heterocycles. The fourth-order valence-corrected chi connectivity index (χ4v) is 2.95. The molecule has 3 atom stereocenters. The molecule has 1 aliphatic carbocycles. The number of nitrogens with zero attached hydrogens (tertiary/aromatic N) is 1. The first kappa shape index (κ1) is 10.4. The Kier molecular flexibility index (Phi) is 2.21. The zero-order valence-corrected chi connectivity index (χ0v) is 10.1. The van der Waals surface area contributed by atoms with E-state index in [1.807, 2.05) is 0 Å². The molecular weight excluding hydrogens is 212 g/mol. The van der Waals surface area contributed by atoms with Gasteiger partial charge in [0.15, 0.2) is 0 Å². The van der Waals surface area contributed by atoms with Gasteiger partial charge in [-0.1, -0.05) is 43.3 Å².